The van der Waals surface area contributed by atoms with Crippen LogP contribution in [0.1, 0.15) is 40.7 Å². The average Bonchev–Trinajstić information content (AvgIpc) is 3.31. The number of primary amides is 1. The van der Waals surface area contributed by atoms with Crippen molar-refractivity contribution in [2.75, 3.05) is 25.6 Å². The number of benzene rings is 1. The maximum atomic E-state index is 15.5. The van der Waals surface area contributed by atoms with Crippen LogP contribution in [0, 0.1) is 30.0 Å². The number of ketones is 1. The molecule has 1 spiro atoms. The number of aromatic nitrogens is 1. The number of phenols is 1. The maximum Gasteiger partial charge on any atom is 0.277 e. The predicted octanol–water partition coefficient (Wildman–Crippen LogP) is 2.79. The summed E-state index contributed by atoms with van der Waals surface area (Å²) in [6.07, 6.45) is 0.803. The number of aromatic hydroxyl groups is 1. The molecule has 1 unspecified atom stereocenters. The van der Waals surface area contributed by atoms with Crippen LogP contribution >= 0.6 is 8.58 Å². The molecule has 41 heavy (non-hydrogen) atoms. The lowest BCUT2D eigenvalue weighted by Crippen LogP contribution is -2.73. The molecule has 1 aromatic heterocycles. The van der Waals surface area contributed by atoms with Crippen LogP contribution < -0.4 is 11.1 Å². The van der Waals surface area contributed by atoms with Crippen molar-refractivity contribution in [1.29, 1.82) is 0 Å². The highest BCUT2D eigenvalue weighted by Crippen LogP contribution is 2.74. The van der Waals surface area contributed by atoms with Crippen molar-refractivity contribution in [1.82, 2.24) is 10.1 Å². The number of carbonyl (C=O) groups is 3. The second-order valence-electron chi connectivity index (χ2n) is 11.7. The Hall–Kier alpha value is -3.76. The lowest BCUT2D eigenvalue weighted by Gasteiger charge is -2.67. The van der Waals surface area contributed by atoms with Crippen LogP contribution in [0.5, 0.6) is 5.75 Å². The van der Waals surface area contributed by atoms with Gasteiger partial charge < -0.3 is 30.9 Å². The molecule has 2 fully saturated rings. The monoisotopic (exact) mass is 584 g/mol. The first-order valence-corrected chi connectivity index (χ1v) is 14.4. The van der Waals surface area contributed by atoms with Crippen LogP contribution in [0.4, 0.5) is 10.1 Å². The van der Waals surface area contributed by atoms with E-state index < -0.39 is 57.6 Å². The second kappa shape index (κ2) is 8.87. The van der Waals surface area contributed by atoms with Gasteiger partial charge in [-0.25, -0.2) is 4.39 Å². The molecule has 11 nitrogen and oxygen atoms in total. The third kappa shape index (κ3) is 3.43. The van der Waals surface area contributed by atoms with Crippen LogP contribution in [0.15, 0.2) is 33.6 Å². The number of aryl methyl sites for hydroxylation is 1. The molecule has 3 aliphatic carbocycles. The summed E-state index contributed by atoms with van der Waals surface area (Å²) in [7, 11) is 3.59. The number of anilines is 1. The van der Waals surface area contributed by atoms with Crippen molar-refractivity contribution in [3.8, 4) is 5.75 Å². The average molecular weight is 585 g/mol. The van der Waals surface area contributed by atoms with Crippen molar-refractivity contribution in [3.63, 3.8) is 0 Å². The third-order valence-corrected chi connectivity index (χ3v) is 12.0. The summed E-state index contributed by atoms with van der Waals surface area (Å²) in [5.74, 6) is -4.67. The van der Waals surface area contributed by atoms with Crippen molar-refractivity contribution in [2.45, 2.75) is 37.9 Å². The molecule has 0 bridgehead atoms. The summed E-state index contributed by atoms with van der Waals surface area (Å²) in [5, 5.41) is 38.9. The summed E-state index contributed by atoms with van der Waals surface area (Å²) in [4.78, 5) is 41.6. The highest BCUT2D eigenvalue weighted by molar-refractivity contribution is 7.44. The molecule has 1 saturated heterocycles. The zero-order valence-electron chi connectivity index (χ0n) is 22.8. The maximum absolute atomic E-state index is 15.5. The van der Waals surface area contributed by atoms with Gasteiger partial charge in [0.25, 0.3) is 5.91 Å². The fourth-order valence-electron chi connectivity index (χ4n) is 7.61. The van der Waals surface area contributed by atoms with Crippen LogP contribution in [0.3, 0.4) is 0 Å². The number of nitrogens with one attached hydrogen (secondary N) is 1. The van der Waals surface area contributed by atoms with Gasteiger partial charge in [-0.15, -0.1) is 8.58 Å². The van der Waals surface area contributed by atoms with E-state index in [1.807, 2.05) is 0 Å². The standard InChI is InChI=1S/C28H30FN4O7P/c1-10-5-16(32-40-10)26(39)31-15-8-14(29)12-6-11-7-13-20(33(3)4)23(36)19(25(30)38)27(2)9-41-28(13,27)24(37)17(11)22(35)18(12)21(15)34/h5,8,11,13,20,34-36,41H,6-7,9H2,1-4H3,(H2,30,38)(H,31,39)/t11-,13-,20-,27-,28-/m0/s1. The Balaban J connectivity index is 1.48. The van der Waals surface area contributed by atoms with Gasteiger partial charge in [-0.3, -0.25) is 19.3 Å². The number of rotatable bonds is 4. The molecular formula is C28H30FN4O7P. The first-order valence-electron chi connectivity index (χ1n) is 13.2. The van der Waals surface area contributed by atoms with E-state index in [0.717, 1.165) is 6.07 Å². The van der Waals surface area contributed by atoms with Crippen molar-refractivity contribution < 1.29 is 38.6 Å². The molecule has 1 aliphatic heterocycles. The van der Waals surface area contributed by atoms with Crippen LogP contribution in [-0.2, 0) is 16.0 Å². The topological polar surface area (TPSA) is 179 Å². The molecule has 1 aromatic carbocycles. The fraction of sp³-hybridized carbons (Fsp3) is 0.429. The summed E-state index contributed by atoms with van der Waals surface area (Å²) < 4.78 is 20.4. The van der Waals surface area contributed by atoms with E-state index in [1.165, 1.54) is 6.07 Å². The van der Waals surface area contributed by atoms with Gasteiger partial charge in [0.15, 0.2) is 17.2 Å². The van der Waals surface area contributed by atoms with Gasteiger partial charge in [0.1, 0.15) is 23.1 Å². The normalized spacial score (nSPS) is 30.9. The van der Waals surface area contributed by atoms with Crippen molar-refractivity contribution >= 4 is 37.6 Å². The van der Waals surface area contributed by atoms with Gasteiger partial charge in [0.2, 0.25) is 5.91 Å². The van der Waals surface area contributed by atoms with Crippen LogP contribution in [0.2, 0.25) is 0 Å². The number of aliphatic hydroxyl groups excluding tert-OH is 2. The molecule has 216 valence electrons. The lowest BCUT2D eigenvalue weighted by atomic mass is 9.50. The zero-order chi connectivity index (χ0) is 29.8. The molecule has 1 saturated carbocycles. The van der Waals surface area contributed by atoms with E-state index >= 15 is 4.39 Å². The van der Waals surface area contributed by atoms with Crippen molar-refractivity contribution in [2.24, 2.45) is 23.0 Å². The molecule has 13 heteroatoms. The number of hydrogen-bond donors (Lipinski definition) is 5. The van der Waals surface area contributed by atoms with Crippen molar-refractivity contribution in [3.05, 3.63) is 57.4 Å². The van der Waals surface area contributed by atoms with Crippen LogP contribution in [0.25, 0.3) is 5.76 Å². The molecular weight excluding hydrogens is 554 g/mol. The van der Waals surface area contributed by atoms with E-state index in [2.05, 4.69) is 10.5 Å². The van der Waals surface area contributed by atoms with Gasteiger partial charge in [-0.1, -0.05) is 12.1 Å². The summed E-state index contributed by atoms with van der Waals surface area (Å²) in [5.41, 5.74) is 4.14. The van der Waals surface area contributed by atoms with E-state index in [9.17, 15) is 29.7 Å². The quantitative estimate of drug-likeness (QED) is 0.267. The number of halogens is 1. The minimum absolute atomic E-state index is 0.0102. The summed E-state index contributed by atoms with van der Waals surface area (Å²) in [6, 6.07) is 1.66. The molecule has 2 heterocycles. The van der Waals surface area contributed by atoms with E-state index in [1.54, 1.807) is 32.8 Å². The zero-order valence-corrected chi connectivity index (χ0v) is 23.8. The Morgan fingerprint density at radius 1 is 1.27 bits per heavy atom. The molecule has 6 atom stereocenters. The number of Topliss-reactive ketones (excluding diaryl/α,β-unsaturated/α-hetero) is 1. The number of fused-ring (bicyclic) bond motifs is 2. The number of carbonyl (C=O) groups excluding carboxylic acids is 3. The number of nitrogens with two attached hydrogens (primary N) is 1. The molecule has 4 aliphatic rings. The Bertz CT molecular complexity index is 1630. The van der Waals surface area contributed by atoms with E-state index in [4.69, 9.17) is 10.3 Å². The number of nitrogens with zero attached hydrogens (tertiary/aromatic N) is 2. The highest BCUT2D eigenvalue weighted by Gasteiger charge is 2.74. The number of phenolic OH excluding ortho intramolecular Hbond substituents is 1. The number of aliphatic hydroxyl groups is 2. The summed E-state index contributed by atoms with van der Waals surface area (Å²) in [6.45, 7) is 3.34. The minimum Gasteiger partial charge on any atom is -0.510 e. The van der Waals surface area contributed by atoms with E-state index in [-0.39, 0.29) is 60.2 Å². The van der Waals surface area contributed by atoms with Gasteiger partial charge >= 0.3 is 0 Å². The first kappa shape index (κ1) is 27.4. The fourth-order valence-corrected chi connectivity index (χ4v) is 9.84. The summed E-state index contributed by atoms with van der Waals surface area (Å²) >= 11 is 0. The predicted molar refractivity (Wildman–Crippen MR) is 147 cm³/mol. The highest BCUT2D eigenvalue weighted by atomic mass is 31.1. The minimum atomic E-state index is -1.11. The second-order valence-corrected chi connectivity index (χ2v) is 13.2. The third-order valence-electron chi connectivity index (χ3n) is 9.37. The molecule has 6 N–H and O–H groups in total. The number of likely N-dealkylation sites (N-methyl/N-ethyl adjacent to an activating group) is 1. The first-order chi connectivity index (χ1) is 19.2. The Morgan fingerprint density at radius 3 is 2.54 bits per heavy atom. The molecule has 0 radical (unpaired) electrons. The SMILES string of the molecule is Cc1cc(C(=O)Nc2cc(F)c3c(c2O)C(O)=C2C(=O)[C@]45PC[C@@]4(C)C(C(N)=O)=C(O)[C@@H](N(C)C)[C@@H]5C[C@@H]2C3)no1. The molecule has 2 amide bonds. The lowest BCUT2D eigenvalue weighted by molar-refractivity contribution is -0.129. The van der Waals surface area contributed by atoms with Gasteiger partial charge in [0.05, 0.1) is 28.0 Å². The number of allylic oxidation sites excluding steroid dienone is 1. The van der Waals surface area contributed by atoms with Crippen LogP contribution in [-0.4, -0.2) is 74.4 Å². The number of hydrogen-bond acceptors (Lipinski definition) is 9. The van der Waals surface area contributed by atoms with E-state index in [0.29, 0.717) is 18.3 Å². The van der Waals surface area contributed by atoms with Gasteiger partial charge in [0, 0.05) is 28.7 Å². The number of amides is 2. The Labute approximate surface area is 236 Å². The smallest absolute Gasteiger partial charge is 0.277 e. The Morgan fingerprint density at radius 2 is 1.98 bits per heavy atom. The van der Waals surface area contributed by atoms with Gasteiger partial charge in [-0.05, 0) is 51.9 Å². The van der Waals surface area contributed by atoms with Gasteiger partial charge in [-0.2, -0.15) is 0 Å². The molecule has 6 rings (SSSR count). The largest absolute Gasteiger partial charge is 0.510 e. The Kier molecular flexibility index (Phi) is 5.93. The molecule has 2 aromatic rings.